The number of amides is 5. The van der Waals surface area contributed by atoms with Gasteiger partial charge in [0.05, 0.1) is 61.2 Å². The van der Waals surface area contributed by atoms with Gasteiger partial charge in [0, 0.05) is 52.4 Å². The van der Waals surface area contributed by atoms with Crippen LogP contribution < -0.4 is 55.3 Å². The Morgan fingerprint density at radius 3 is 1.04 bits per heavy atom. The van der Waals surface area contributed by atoms with E-state index in [0.717, 1.165) is 47.2 Å². The molecule has 25 nitrogen and oxygen atoms in total. The van der Waals surface area contributed by atoms with Crippen LogP contribution in [0.3, 0.4) is 0 Å². The molecule has 30 heteroatoms. The average molecular weight is 1580 g/mol. The van der Waals surface area contributed by atoms with Crippen molar-refractivity contribution in [2.75, 3.05) is 28.7 Å². The van der Waals surface area contributed by atoms with Crippen molar-refractivity contribution in [1.82, 2.24) is 76.4 Å². The SMILES string of the molecule is Cc1cccc(CNC(=O)c2nc3ccccc3nc2N)c1.Cc1cccc(Cl)c1CNC(=O)c1nc2ccccc2nc1N.Nc1nc2ccccc2nc1C(=O)NCc1c(Cl)cccc1Cl.Nc1nc2ccccc2nc1C(=O)NCc1c(F)cccc1F.Nc1nc2ccccc2nc1C(=O)N[C@@H]1CCc2ccccc21. The number of aromatic nitrogens is 10. The van der Waals surface area contributed by atoms with Crippen LogP contribution in [0, 0.1) is 25.5 Å². The Morgan fingerprint density at radius 2 is 0.658 bits per heavy atom. The molecular formula is C84H71Cl3F2N20O5. The van der Waals surface area contributed by atoms with Gasteiger partial charge in [-0.15, -0.1) is 0 Å². The van der Waals surface area contributed by atoms with E-state index in [1.54, 1.807) is 78.9 Å². The highest BCUT2D eigenvalue weighted by atomic mass is 35.5. The molecule has 0 bridgehead atoms. The number of anilines is 5. The van der Waals surface area contributed by atoms with Gasteiger partial charge in [0.2, 0.25) is 0 Å². The molecule has 0 saturated carbocycles. The molecule has 0 aliphatic heterocycles. The summed E-state index contributed by atoms with van der Waals surface area (Å²) in [4.78, 5) is 104. The Balaban J connectivity index is 0.000000132. The van der Waals surface area contributed by atoms with Gasteiger partial charge < -0.3 is 55.3 Å². The maximum atomic E-state index is 13.5. The van der Waals surface area contributed by atoms with Crippen LogP contribution in [0.2, 0.25) is 15.1 Å². The summed E-state index contributed by atoms with van der Waals surface area (Å²) in [5.74, 6) is -3.09. The Bertz CT molecular complexity index is 5760. The number of hydrogen-bond donors (Lipinski definition) is 10. The van der Waals surface area contributed by atoms with Gasteiger partial charge in [-0.1, -0.05) is 174 Å². The number of nitrogens with two attached hydrogens (primary N) is 5. The van der Waals surface area contributed by atoms with Crippen LogP contribution >= 0.6 is 34.8 Å². The first-order valence-corrected chi connectivity index (χ1v) is 36.5. The monoisotopic (exact) mass is 1580 g/mol. The lowest BCUT2D eigenvalue weighted by atomic mass is 10.1. The van der Waals surface area contributed by atoms with Gasteiger partial charge in [0.25, 0.3) is 29.5 Å². The highest BCUT2D eigenvalue weighted by molar-refractivity contribution is 6.36. The minimum Gasteiger partial charge on any atom is -0.382 e. The van der Waals surface area contributed by atoms with Crippen LogP contribution in [0.4, 0.5) is 37.9 Å². The molecule has 15 N–H and O–H groups in total. The number of hydrogen-bond acceptors (Lipinski definition) is 20. The fourth-order valence-electron chi connectivity index (χ4n) is 12.0. The lowest BCUT2D eigenvalue weighted by Crippen LogP contribution is -2.29. The van der Waals surface area contributed by atoms with Crippen LogP contribution in [0.25, 0.3) is 55.2 Å². The second-order valence-electron chi connectivity index (χ2n) is 25.6. The Kier molecular flexibility index (Phi) is 25.6. The number of aryl methyl sites for hydroxylation is 3. The smallest absolute Gasteiger partial charge is 0.274 e. The highest BCUT2D eigenvalue weighted by Crippen LogP contribution is 2.32. The molecule has 5 aromatic heterocycles. The number of rotatable bonds is 14. The fourth-order valence-corrected chi connectivity index (χ4v) is 12.8. The van der Waals surface area contributed by atoms with E-state index in [0.29, 0.717) is 88.9 Å². The van der Waals surface area contributed by atoms with E-state index in [2.05, 4.69) is 88.6 Å². The molecule has 0 saturated heterocycles. The van der Waals surface area contributed by atoms with Crippen molar-refractivity contribution in [3.8, 4) is 0 Å². The quantitative estimate of drug-likeness (QED) is 0.0483. The van der Waals surface area contributed by atoms with Crippen molar-refractivity contribution in [3.05, 3.63) is 324 Å². The summed E-state index contributed by atoms with van der Waals surface area (Å²) in [6, 6.07) is 66.5. The van der Waals surface area contributed by atoms with E-state index < -0.39 is 23.4 Å². The molecule has 16 rings (SSSR count). The van der Waals surface area contributed by atoms with Crippen LogP contribution in [-0.2, 0) is 32.6 Å². The molecule has 0 fully saturated rings. The van der Waals surface area contributed by atoms with Crippen molar-refractivity contribution < 1.29 is 32.8 Å². The zero-order valence-corrected chi connectivity index (χ0v) is 63.2. The molecule has 5 heterocycles. The summed E-state index contributed by atoms with van der Waals surface area (Å²) in [5.41, 5.74) is 42.8. The van der Waals surface area contributed by atoms with Crippen molar-refractivity contribution in [2.24, 2.45) is 0 Å². The predicted molar refractivity (Wildman–Crippen MR) is 440 cm³/mol. The zero-order valence-electron chi connectivity index (χ0n) is 61.0. The van der Waals surface area contributed by atoms with Gasteiger partial charge in [-0.2, -0.15) is 0 Å². The maximum Gasteiger partial charge on any atom is 0.274 e. The van der Waals surface area contributed by atoms with E-state index in [1.807, 2.05) is 129 Å². The number of carbonyl (C=O) groups excluding carboxylic acids is 5. The first-order valence-electron chi connectivity index (χ1n) is 35.3. The van der Waals surface area contributed by atoms with Crippen molar-refractivity contribution in [1.29, 1.82) is 0 Å². The molecular weight excluding hydrogens is 1510 g/mol. The molecule has 1 atom stereocenters. The normalized spacial score (nSPS) is 11.8. The fraction of sp³-hybridized carbons (Fsp3) is 0.107. The standard InChI is InChI=1S/C18H16N4O.C17H15ClN4O.C17H16N4O.C16H12Cl2N4O.C16H12F2N4O/c19-17-16(20-14-7-3-4-8-15(14)21-17)18(23)22-13-10-9-11-5-1-2-6-12(11)13;1-10-5-4-6-12(18)11(10)9-20-17(23)15-16(19)22-14-8-3-2-7-13(14)21-15;1-11-5-4-6-12(9-11)10-19-17(22)15-16(18)21-14-8-3-2-7-13(14)20-15;2*17-10-4-3-5-11(18)9(10)8-20-16(23)14-15(19)22-13-7-2-1-6-12(13)21-14/h1-8,13H,9-10H2,(H2,19,21)(H,22,23);2-8H,9H2,1H3,(H2,19,22)(H,20,23);2-9H,10H2,1H3,(H2,18,21)(H,19,22);2*1-7H,8H2,(H2,19,22)(H,20,23)/t13-;;;;/m1..../s1. The second-order valence-corrected chi connectivity index (χ2v) is 26.9. The molecule has 1 aliphatic rings. The van der Waals surface area contributed by atoms with Crippen LogP contribution in [-0.4, -0.2) is 79.4 Å². The van der Waals surface area contributed by atoms with E-state index >= 15 is 0 Å². The third-order valence-corrected chi connectivity index (χ3v) is 18.9. The molecule has 0 spiro atoms. The number of nitrogen functional groups attached to an aromatic ring is 5. The molecule has 572 valence electrons. The highest BCUT2D eigenvalue weighted by Gasteiger charge is 2.27. The molecule has 5 amide bonds. The lowest BCUT2D eigenvalue weighted by molar-refractivity contribution is 0.0926. The number of nitrogens with zero attached hydrogens (tertiary/aromatic N) is 10. The Morgan fingerprint density at radius 1 is 0.351 bits per heavy atom. The Hall–Kier alpha value is -14.0. The molecule has 0 radical (unpaired) electrons. The van der Waals surface area contributed by atoms with Gasteiger partial charge in [-0.3, -0.25) is 24.0 Å². The van der Waals surface area contributed by atoms with E-state index in [4.69, 9.17) is 63.5 Å². The topological polar surface area (TPSA) is 404 Å². The van der Waals surface area contributed by atoms with Gasteiger partial charge in [-0.25, -0.2) is 58.6 Å². The first-order chi connectivity index (χ1) is 55.0. The summed E-state index contributed by atoms with van der Waals surface area (Å²) < 4.78 is 27.1. The molecule has 15 aromatic rings. The van der Waals surface area contributed by atoms with E-state index in [9.17, 15) is 32.8 Å². The summed E-state index contributed by atoms with van der Waals surface area (Å²) >= 11 is 18.3. The van der Waals surface area contributed by atoms with Crippen LogP contribution in [0.1, 0.15) is 109 Å². The number of fused-ring (bicyclic) bond motifs is 6. The van der Waals surface area contributed by atoms with Gasteiger partial charge in [0.15, 0.2) is 57.6 Å². The summed E-state index contributed by atoms with van der Waals surface area (Å²) in [7, 11) is 0. The third-order valence-electron chi connectivity index (χ3n) is 17.8. The van der Waals surface area contributed by atoms with Crippen LogP contribution in [0.15, 0.2) is 224 Å². The summed E-state index contributed by atoms with van der Waals surface area (Å²) in [6.07, 6.45) is 1.87. The first kappa shape index (κ1) is 79.5. The Labute approximate surface area is 665 Å². The summed E-state index contributed by atoms with van der Waals surface area (Å²) in [6.45, 7) is 4.54. The maximum absolute atomic E-state index is 13.5. The third kappa shape index (κ3) is 19.6. The van der Waals surface area contributed by atoms with Crippen molar-refractivity contribution >= 4 is 149 Å². The van der Waals surface area contributed by atoms with Gasteiger partial charge >= 0.3 is 0 Å². The molecule has 10 aromatic carbocycles. The van der Waals surface area contributed by atoms with Crippen molar-refractivity contribution in [3.63, 3.8) is 0 Å². The summed E-state index contributed by atoms with van der Waals surface area (Å²) in [5, 5.41) is 15.3. The molecule has 114 heavy (non-hydrogen) atoms. The van der Waals surface area contributed by atoms with Gasteiger partial charge in [0.1, 0.15) is 11.6 Å². The number of carbonyl (C=O) groups is 5. The zero-order chi connectivity index (χ0) is 80.5. The predicted octanol–water partition coefficient (Wildman–Crippen LogP) is 14.1. The number of nitrogens with one attached hydrogen (secondary N) is 5. The van der Waals surface area contributed by atoms with E-state index in [1.165, 1.54) is 17.2 Å². The largest absolute Gasteiger partial charge is 0.382 e. The minimum atomic E-state index is -0.733. The lowest BCUT2D eigenvalue weighted by Gasteiger charge is -2.14. The van der Waals surface area contributed by atoms with Crippen molar-refractivity contribution in [2.45, 2.75) is 58.9 Å². The minimum absolute atomic E-state index is 0.00590. The van der Waals surface area contributed by atoms with E-state index in [-0.39, 0.29) is 100.0 Å². The molecule has 1 aliphatic carbocycles. The molecule has 0 unspecified atom stereocenters. The number of benzene rings is 10. The van der Waals surface area contributed by atoms with Crippen LogP contribution in [0.5, 0.6) is 0 Å². The number of para-hydroxylation sites is 10. The average Bonchev–Trinajstić information content (AvgIpc) is 1.23. The van der Waals surface area contributed by atoms with Gasteiger partial charge in [-0.05, 0) is 146 Å². The number of halogens is 5. The second kappa shape index (κ2) is 36.7.